The molecule has 0 unspecified atom stereocenters. The predicted octanol–water partition coefficient (Wildman–Crippen LogP) is 3.15. The van der Waals surface area contributed by atoms with E-state index in [-0.39, 0.29) is 23.8 Å². The summed E-state index contributed by atoms with van der Waals surface area (Å²) in [5, 5.41) is 14.8. The minimum atomic E-state index is -0.985. The van der Waals surface area contributed by atoms with E-state index in [9.17, 15) is 14.3 Å². The van der Waals surface area contributed by atoms with Crippen LogP contribution in [-0.4, -0.2) is 26.4 Å². The van der Waals surface area contributed by atoms with Gasteiger partial charge >= 0.3 is 0 Å². The monoisotopic (exact) mass is 385 g/mol. The molecule has 0 spiro atoms. The predicted molar refractivity (Wildman–Crippen MR) is 98.0 cm³/mol. The minimum Gasteiger partial charge on any atom is -0.385 e. The third-order valence-corrected chi connectivity index (χ3v) is 6.06. The summed E-state index contributed by atoms with van der Waals surface area (Å²) in [6.07, 6.45) is 6.23. The Labute approximate surface area is 159 Å². The van der Waals surface area contributed by atoms with Crippen LogP contribution in [0.15, 0.2) is 49.1 Å². The van der Waals surface area contributed by atoms with Gasteiger partial charge in [-0.25, -0.2) is 9.37 Å². The van der Waals surface area contributed by atoms with Gasteiger partial charge < -0.3 is 14.8 Å². The first-order chi connectivity index (χ1) is 12.9. The lowest BCUT2D eigenvalue weighted by molar-refractivity contribution is 0.0289. The summed E-state index contributed by atoms with van der Waals surface area (Å²) in [4.78, 5) is 16.5. The lowest BCUT2D eigenvalue weighted by Gasteiger charge is -2.27. The molecule has 27 heavy (non-hydrogen) atoms. The van der Waals surface area contributed by atoms with Gasteiger partial charge in [0, 0.05) is 23.4 Å². The fourth-order valence-corrected chi connectivity index (χ4v) is 4.75. The second-order valence-electron chi connectivity index (χ2n) is 7.54. The summed E-state index contributed by atoms with van der Waals surface area (Å²) in [6.45, 7) is 0. The molecule has 0 radical (unpaired) electrons. The number of halogens is 2. The van der Waals surface area contributed by atoms with Gasteiger partial charge in [0.25, 0.3) is 5.91 Å². The SMILES string of the molecule is O=C(N[C@@H]1[C@@H]2C[C@@](O)(c3cc(Cl)cn4cncc34)C[C@@H]21)c1cccc(F)c1. The molecule has 2 aromatic heterocycles. The largest absolute Gasteiger partial charge is 0.385 e. The first-order valence-corrected chi connectivity index (χ1v) is 9.23. The van der Waals surface area contributed by atoms with Crippen LogP contribution in [0.4, 0.5) is 4.39 Å². The van der Waals surface area contributed by atoms with Gasteiger partial charge in [0.1, 0.15) is 5.82 Å². The number of amides is 1. The van der Waals surface area contributed by atoms with Crippen molar-refractivity contribution in [3.8, 4) is 0 Å². The number of aliphatic hydroxyl groups is 1. The topological polar surface area (TPSA) is 66.6 Å². The summed E-state index contributed by atoms with van der Waals surface area (Å²) in [5.41, 5.74) is 0.936. The molecule has 2 heterocycles. The van der Waals surface area contributed by atoms with E-state index in [1.807, 2.05) is 4.40 Å². The Hall–Kier alpha value is -2.44. The molecular weight excluding hydrogens is 369 g/mol. The summed E-state index contributed by atoms with van der Waals surface area (Å²) < 4.78 is 15.1. The van der Waals surface area contributed by atoms with Crippen molar-refractivity contribution >= 4 is 23.0 Å². The number of fused-ring (bicyclic) bond motifs is 2. The maximum Gasteiger partial charge on any atom is 0.251 e. The first-order valence-electron chi connectivity index (χ1n) is 8.85. The number of carbonyl (C=O) groups excluding carboxylic acids is 1. The molecule has 3 aromatic rings. The maximum absolute atomic E-state index is 13.3. The molecule has 2 fully saturated rings. The molecule has 7 heteroatoms. The van der Waals surface area contributed by atoms with E-state index in [0.29, 0.717) is 23.4 Å². The van der Waals surface area contributed by atoms with Crippen LogP contribution < -0.4 is 5.32 Å². The van der Waals surface area contributed by atoms with Crippen LogP contribution >= 0.6 is 11.6 Å². The smallest absolute Gasteiger partial charge is 0.251 e. The van der Waals surface area contributed by atoms with Gasteiger partial charge in [0.05, 0.1) is 28.7 Å². The van der Waals surface area contributed by atoms with Crippen molar-refractivity contribution in [3.63, 3.8) is 0 Å². The minimum absolute atomic E-state index is 0.0150. The van der Waals surface area contributed by atoms with Crippen molar-refractivity contribution in [3.05, 3.63) is 71.0 Å². The van der Waals surface area contributed by atoms with Gasteiger partial charge in [0.2, 0.25) is 0 Å². The van der Waals surface area contributed by atoms with Gasteiger partial charge in [0.15, 0.2) is 0 Å². The number of imidazole rings is 1. The Morgan fingerprint density at radius 2 is 2.11 bits per heavy atom. The van der Waals surface area contributed by atoms with Crippen molar-refractivity contribution in [2.75, 3.05) is 0 Å². The number of aromatic nitrogens is 2. The van der Waals surface area contributed by atoms with Crippen molar-refractivity contribution in [1.29, 1.82) is 0 Å². The molecule has 5 rings (SSSR count). The molecule has 0 aliphatic heterocycles. The highest BCUT2D eigenvalue weighted by molar-refractivity contribution is 6.30. The number of hydrogen-bond acceptors (Lipinski definition) is 3. The summed E-state index contributed by atoms with van der Waals surface area (Å²) >= 11 is 6.20. The van der Waals surface area contributed by atoms with Gasteiger partial charge in [-0.15, -0.1) is 0 Å². The average molecular weight is 386 g/mol. The Balaban J connectivity index is 1.33. The van der Waals surface area contributed by atoms with Crippen LogP contribution in [0.1, 0.15) is 28.8 Å². The van der Waals surface area contributed by atoms with Crippen molar-refractivity contribution < 1.29 is 14.3 Å². The van der Waals surface area contributed by atoms with Crippen molar-refractivity contribution in [2.45, 2.75) is 24.5 Å². The Morgan fingerprint density at radius 3 is 2.85 bits per heavy atom. The first kappa shape index (κ1) is 16.7. The normalized spacial score (nSPS) is 28.9. The highest BCUT2D eigenvalue weighted by Gasteiger charge is 2.62. The lowest BCUT2D eigenvalue weighted by atomic mass is 9.88. The molecule has 2 N–H and O–H groups in total. The number of carbonyl (C=O) groups is 1. The van der Waals surface area contributed by atoms with Crippen LogP contribution in [0.2, 0.25) is 5.02 Å². The Bertz CT molecular complexity index is 1050. The van der Waals surface area contributed by atoms with Crippen molar-refractivity contribution in [1.82, 2.24) is 14.7 Å². The van der Waals surface area contributed by atoms with E-state index in [2.05, 4.69) is 10.3 Å². The second-order valence-corrected chi connectivity index (χ2v) is 7.97. The van der Waals surface area contributed by atoms with E-state index < -0.39 is 11.4 Å². The molecule has 0 bridgehead atoms. The second kappa shape index (κ2) is 5.78. The third kappa shape index (κ3) is 2.71. The van der Waals surface area contributed by atoms with Crippen LogP contribution in [-0.2, 0) is 5.60 Å². The summed E-state index contributed by atoms with van der Waals surface area (Å²) in [5.74, 6) is -0.305. The molecule has 2 saturated carbocycles. The lowest BCUT2D eigenvalue weighted by Crippen LogP contribution is -2.33. The Morgan fingerprint density at radius 1 is 1.33 bits per heavy atom. The fourth-order valence-electron chi connectivity index (χ4n) is 4.53. The number of hydrogen-bond donors (Lipinski definition) is 2. The molecule has 5 nitrogen and oxygen atoms in total. The van der Waals surface area contributed by atoms with E-state index >= 15 is 0 Å². The van der Waals surface area contributed by atoms with Crippen LogP contribution in [0.5, 0.6) is 0 Å². The van der Waals surface area contributed by atoms with Gasteiger partial charge in [-0.1, -0.05) is 17.7 Å². The molecule has 138 valence electrons. The number of benzene rings is 1. The van der Waals surface area contributed by atoms with E-state index in [4.69, 9.17) is 11.6 Å². The third-order valence-electron chi connectivity index (χ3n) is 5.85. The molecular formula is C20H17ClFN3O2. The highest BCUT2D eigenvalue weighted by Crippen LogP contribution is 2.60. The van der Waals surface area contributed by atoms with Crippen LogP contribution in [0, 0.1) is 17.7 Å². The maximum atomic E-state index is 13.3. The summed E-state index contributed by atoms with van der Waals surface area (Å²) in [7, 11) is 0. The molecule has 1 aromatic carbocycles. The van der Waals surface area contributed by atoms with E-state index in [1.54, 1.807) is 30.9 Å². The average Bonchev–Trinajstić information content (AvgIpc) is 3.01. The zero-order valence-electron chi connectivity index (χ0n) is 14.3. The number of nitrogens with one attached hydrogen (secondary N) is 1. The van der Waals surface area contributed by atoms with Crippen molar-refractivity contribution in [2.24, 2.45) is 11.8 Å². The summed E-state index contributed by atoms with van der Waals surface area (Å²) in [6, 6.07) is 7.46. The zero-order chi connectivity index (χ0) is 18.8. The highest BCUT2D eigenvalue weighted by atomic mass is 35.5. The van der Waals surface area contributed by atoms with E-state index in [1.165, 1.54) is 18.2 Å². The zero-order valence-corrected chi connectivity index (χ0v) is 15.0. The molecule has 0 saturated heterocycles. The Kier molecular flexibility index (Phi) is 3.58. The molecule has 2 aliphatic carbocycles. The van der Waals surface area contributed by atoms with Crippen LogP contribution in [0.25, 0.3) is 5.52 Å². The van der Waals surface area contributed by atoms with Gasteiger partial charge in [-0.2, -0.15) is 0 Å². The number of pyridine rings is 1. The standard InChI is InChI=1S/C20H17ClFN3O2/c21-12-5-16(17-8-23-10-25(17)9-12)20(27)6-14-15(7-20)18(14)24-19(26)11-2-1-3-13(22)4-11/h1-5,8-10,14-15,18,27H,6-7H2,(H,24,26)/t14-,15+,18-,20+. The number of rotatable bonds is 3. The quantitative estimate of drug-likeness (QED) is 0.727. The fraction of sp³-hybridized carbons (Fsp3) is 0.300. The number of nitrogens with zero attached hydrogens (tertiary/aromatic N) is 2. The van der Waals surface area contributed by atoms with Crippen LogP contribution in [0.3, 0.4) is 0 Å². The molecule has 1 amide bonds. The molecule has 4 atom stereocenters. The van der Waals surface area contributed by atoms with Gasteiger partial charge in [-0.05, 0) is 48.9 Å². The van der Waals surface area contributed by atoms with Gasteiger partial charge in [-0.3, -0.25) is 4.79 Å². The molecule has 2 aliphatic rings. The van der Waals surface area contributed by atoms with E-state index in [0.717, 1.165) is 11.1 Å².